The number of hydrogen-bond donors (Lipinski definition) is 1. The van der Waals surface area contributed by atoms with E-state index in [0.29, 0.717) is 0 Å². The molecular weight excluding hydrogens is 228 g/mol. The van der Waals surface area contributed by atoms with Crippen LogP contribution in [0.15, 0.2) is 6.20 Å². The molecular formula is C13H24N4O. The zero-order valence-corrected chi connectivity index (χ0v) is 11.6. The third kappa shape index (κ3) is 5.14. The van der Waals surface area contributed by atoms with Crippen LogP contribution in [0.25, 0.3) is 0 Å². The molecule has 0 spiro atoms. The van der Waals surface area contributed by atoms with Gasteiger partial charge in [-0.05, 0) is 39.5 Å². The van der Waals surface area contributed by atoms with Crippen LogP contribution in [0.4, 0.5) is 0 Å². The predicted molar refractivity (Wildman–Crippen MR) is 70.2 cm³/mol. The molecule has 1 aliphatic rings. The molecule has 1 saturated carbocycles. The first-order valence-electron chi connectivity index (χ1n) is 6.75. The van der Waals surface area contributed by atoms with E-state index >= 15 is 0 Å². The second-order valence-electron chi connectivity index (χ2n) is 6.09. The molecule has 0 amide bonds. The average Bonchev–Trinajstić information content (AvgIpc) is 3.00. The number of ether oxygens (including phenoxy) is 1. The van der Waals surface area contributed by atoms with E-state index in [0.717, 1.165) is 37.9 Å². The number of hydrogen-bond acceptors (Lipinski definition) is 4. The molecule has 102 valence electrons. The molecule has 0 saturated heterocycles. The van der Waals surface area contributed by atoms with E-state index in [4.69, 9.17) is 4.74 Å². The zero-order valence-electron chi connectivity index (χ0n) is 11.6. The van der Waals surface area contributed by atoms with Gasteiger partial charge in [0.25, 0.3) is 0 Å². The number of nitrogens with one attached hydrogen (secondary N) is 1. The Hall–Kier alpha value is -0.940. The summed E-state index contributed by atoms with van der Waals surface area (Å²) in [6, 6.07) is 0. The maximum absolute atomic E-state index is 5.58. The maximum atomic E-state index is 5.58. The zero-order chi connectivity index (χ0) is 13.0. The molecule has 0 unspecified atom stereocenters. The average molecular weight is 252 g/mol. The largest absolute Gasteiger partial charge is 0.379 e. The van der Waals surface area contributed by atoms with Crippen molar-refractivity contribution in [1.82, 2.24) is 20.3 Å². The minimum absolute atomic E-state index is 0.108. The molecule has 1 aromatic rings. The van der Waals surface area contributed by atoms with Crippen LogP contribution < -0.4 is 5.32 Å². The summed E-state index contributed by atoms with van der Waals surface area (Å²) < 4.78 is 7.43. The molecule has 0 atom stereocenters. The lowest BCUT2D eigenvalue weighted by Gasteiger charge is -2.19. The van der Waals surface area contributed by atoms with Gasteiger partial charge < -0.3 is 10.1 Å². The maximum Gasteiger partial charge on any atom is 0.0965 e. The Morgan fingerprint density at radius 2 is 2.22 bits per heavy atom. The highest BCUT2D eigenvalue weighted by Crippen LogP contribution is 2.28. The van der Waals surface area contributed by atoms with Crippen molar-refractivity contribution in [1.29, 1.82) is 0 Å². The van der Waals surface area contributed by atoms with E-state index in [1.807, 2.05) is 10.9 Å². The van der Waals surface area contributed by atoms with Crippen LogP contribution >= 0.6 is 0 Å². The van der Waals surface area contributed by atoms with E-state index < -0.39 is 0 Å². The molecule has 0 aliphatic heterocycles. The number of aromatic nitrogens is 3. The fraction of sp³-hybridized carbons (Fsp3) is 0.846. The molecule has 1 fully saturated rings. The standard InChI is InChI=1S/C13H24N4O/c1-13(2,3)14-8-12-9-17(16-15-12)6-7-18-10-11-4-5-11/h9,11,14H,4-8,10H2,1-3H3. The fourth-order valence-corrected chi connectivity index (χ4v) is 1.58. The third-order valence-corrected chi connectivity index (χ3v) is 2.90. The summed E-state index contributed by atoms with van der Waals surface area (Å²) in [7, 11) is 0. The number of rotatable bonds is 7. The smallest absolute Gasteiger partial charge is 0.0965 e. The molecule has 5 nitrogen and oxygen atoms in total. The van der Waals surface area contributed by atoms with Crippen molar-refractivity contribution in [2.45, 2.75) is 52.2 Å². The fourth-order valence-electron chi connectivity index (χ4n) is 1.58. The van der Waals surface area contributed by atoms with Crippen molar-refractivity contribution in [3.63, 3.8) is 0 Å². The molecule has 1 aromatic heterocycles. The third-order valence-electron chi connectivity index (χ3n) is 2.90. The summed E-state index contributed by atoms with van der Waals surface area (Å²) in [5.74, 6) is 0.826. The van der Waals surface area contributed by atoms with E-state index in [2.05, 4.69) is 36.4 Å². The Labute approximate surface area is 109 Å². The van der Waals surface area contributed by atoms with Crippen LogP contribution in [0.1, 0.15) is 39.3 Å². The van der Waals surface area contributed by atoms with Crippen LogP contribution in [0.5, 0.6) is 0 Å². The summed E-state index contributed by atoms with van der Waals surface area (Å²) in [4.78, 5) is 0. The van der Waals surface area contributed by atoms with Gasteiger partial charge >= 0.3 is 0 Å². The second-order valence-corrected chi connectivity index (χ2v) is 6.09. The van der Waals surface area contributed by atoms with Crippen LogP contribution in [0, 0.1) is 5.92 Å². The summed E-state index contributed by atoms with van der Waals surface area (Å²) in [5, 5.41) is 11.6. The first-order chi connectivity index (χ1) is 8.53. The normalized spacial score (nSPS) is 16.2. The van der Waals surface area contributed by atoms with Gasteiger partial charge in [0.05, 0.1) is 18.8 Å². The van der Waals surface area contributed by atoms with E-state index in [9.17, 15) is 0 Å². The van der Waals surface area contributed by atoms with Crippen molar-refractivity contribution in [2.75, 3.05) is 13.2 Å². The van der Waals surface area contributed by atoms with Crippen LogP contribution in [-0.4, -0.2) is 33.7 Å². The lowest BCUT2D eigenvalue weighted by atomic mass is 10.1. The van der Waals surface area contributed by atoms with Crippen LogP contribution in [0.2, 0.25) is 0 Å². The minimum Gasteiger partial charge on any atom is -0.379 e. The topological polar surface area (TPSA) is 52.0 Å². The quantitative estimate of drug-likeness (QED) is 0.749. The highest BCUT2D eigenvalue weighted by Gasteiger charge is 2.20. The molecule has 0 radical (unpaired) electrons. The van der Waals surface area contributed by atoms with Gasteiger partial charge in [-0.15, -0.1) is 5.10 Å². The highest BCUT2D eigenvalue weighted by molar-refractivity contribution is 4.93. The summed E-state index contributed by atoms with van der Waals surface area (Å²) in [6.45, 7) is 9.61. The van der Waals surface area contributed by atoms with Crippen LogP contribution in [-0.2, 0) is 17.8 Å². The molecule has 18 heavy (non-hydrogen) atoms. The molecule has 0 bridgehead atoms. The van der Waals surface area contributed by atoms with Crippen molar-refractivity contribution < 1.29 is 4.74 Å². The summed E-state index contributed by atoms with van der Waals surface area (Å²) in [6.07, 6.45) is 4.66. The van der Waals surface area contributed by atoms with Crippen molar-refractivity contribution in [2.24, 2.45) is 5.92 Å². The Morgan fingerprint density at radius 1 is 1.44 bits per heavy atom. The molecule has 1 N–H and O–H groups in total. The Kier molecular flexibility index (Phi) is 4.35. The monoisotopic (exact) mass is 252 g/mol. The molecule has 1 aliphatic carbocycles. The van der Waals surface area contributed by atoms with Gasteiger partial charge in [-0.25, -0.2) is 4.68 Å². The number of nitrogens with zero attached hydrogens (tertiary/aromatic N) is 3. The van der Waals surface area contributed by atoms with Gasteiger partial charge in [0.2, 0.25) is 0 Å². The van der Waals surface area contributed by atoms with E-state index in [1.165, 1.54) is 12.8 Å². The lowest BCUT2D eigenvalue weighted by molar-refractivity contribution is 0.114. The van der Waals surface area contributed by atoms with E-state index in [-0.39, 0.29) is 5.54 Å². The van der Waals surface area contributed by atoms with Gasteiger partial charge in [0, 0.05) is 24.9 Å². The van der Waals surface area contributed by atoms with Gasteiger partial charge in [-0.1, -0.05) is 5.21 Å². The Morgan fingerprint density at radius 3 is 2.89 bits per heavy atom. The first-order valence-corrected chi connectivity index (χ1v) is 6.75. The Bertz CT molecular complexity index is 365. The summed E-state index contributed by atoms with van der Waals surface area (Å²) in [5.41, 5.74) is 1.09. The minimum atomic E-state index is 0.108. The van der Waals surface area contributed by atoms with Gasteiger partial charge in [0.1, 0.15) is 0 Å². The van der Waals surface area contributed by atoms with Crippen molar-refractivity contribution in [3.05, 3.63) is 11.9 Å². The predicted octanol–water partition coefficient (Wildman–Crippen LogP) is 1.59. The molecule has 2 rings (SSSR count). The molecule has 5 heteroatoms. The molecule has 0 aromatic carbocycles. The molecule has 1 heterocycles. The second kappa shape index (κ2) is 5.80. The van der Waals surface area contributed by atoms with Crippen LogP contribution in [0.3, 0.4) is 0 Å². The SMILES string of the molecule is CC(C)(C)NCc1cn(CCOCC2CC2)nn1. The van der Waals surface area contributed by atoms with E-state index in [1.54, 1.807) is 0 Å². The van der Waals surface area contributed by atoms with Gasteiger partial charge in [-0.3, -0.25) is 0 Å². The first kappa shape index (κ1) is 13.5. The van der Waals surface area contributed by atoms with Crippen molar-refractivity contribution in [3.8, 4) is 0 Å². The summed E-state index contributed by atoms with van der Waals surface area (Å²) >= 11 is 0. The lowest BCUT2D eigenvalue weighted by Crippen LogP contribution is -2.35. The van der Waals surface area contributed by atoms with Crippen molar-refractivity contribution >= 4 is 0 Å². The Balaban J connectivity index is 1.65. The van der Waals surface area contributed by atoms with Gasteiger partial charge in [-0.2, -0.15) is 0 Å². The highest BCUT2D eigenvalue weighted by atomic mass is 16.5. The van der Waals surface area contributed by atoms with Gasteiger partial charge in [0.15, 0.2) is 0 Å².